The molecule has 0 saturated carbocycles. The Balaban J connectivity index is 1.98. The molecular weight excluding hydrogens is 236 g/mol. The highest BCUT2D eigenvalue weighted by atomic mass is 32.1. The van der Waals surface area contributed by atoms with E-state index in [1.807, 2.05) is 0 Å². The first-order valence-electron chi connectivity index (χ1n) is 6.05. The lowest BCUT2D eigenvalue weighted by molar-refractivity contribution is 0.261. The van der Waals surface area contributed by atoms with Crippen LogP contribution in [-0.2, 0) is 0 Å². The molecule has 1 aliphatic rings. The number of nitrogens with zero attached hydrogens (tertiary/aromatic N) is 4. The third kappa shape index (κ3) is 3.29. The Hall–Kier alpha value is -0.880. The largest absolute Gasteiger partial charge is 0.474 e. The minimum atomic E-state index is 0.511. The molecule has 1 aromatic rings. The van der Waals surface area contributed by atoms with E-state index < -0.39 is 0 Å². The van der Waals surface area contributed by atoms with Crippen molar-refractivity contribution in [1.29, 1.82) is 0 Å². The third-order valence-electron chi connectivity index (χ3n) is 2.80. The van der Waals surface area contributed by atoms with Crippen molar-refractivity contribution in [1.82, 2.24) is 13.6 Å². The molecule has 0 spiro atoms. The molecule has 2 heterocycles. The van der Waals surface area contributed by atoms with Crippen LogP contribution in [0.1, 0.15) is 13.8 Å². The van der Waals surface area contributed by atoms with E-state index >= 15 is 0 Å². The summed E-state index contributed by atoms with van der Waals surface area (Å²) >= 11 is 1.23. The van der Waals surface area contributed by atoms with Gasteiger partial charge in [0.25, 0.3) is 5.88 Å². The molecule has 5 nitrogen and oxygen atoms in total. The lowest BCUT2D eigenvalue weighted by Crippen LogP contribution is -2.44. The van der Waals surface area contributed by atoms with Gasteiger partial charge in [0.2, 0.25) is 5.82 Å². The summed E-state index contributed by atoms with van der Waals surface area (Å²) in [6.45, 7) is 9.11. The molecule has 2 rings (SSSR count). The number of hydrogen-bond acceptors (Lipinski definition) is 6. The molecule has 1 aliphatic heterocycles. The molecule has 0 atom stereocenters. The van der Waals surface area contributed by atoms with Crippen molar-refractivity contribution in [2.45, 2.75) is 13.8 Å². The summed E-state index contributed by atoms with van der Waals surface area (Å²) in [7, 11) is 2.15. The molecule has 0 radical (unpaired) electrons. The standard InChI is InChI=1S/C11H20N4OS/c1-9(2)8-16-11-10(12-17-13-11)15-6-4-14(3)5-7-15/h9H,4-8H2,1-3H3. The predicted octanol–water partition coefficient (Wildman–Crippen LogP) is 1.32. The Kier molecular flexibility index (Phi) is 4.17. The van der Waals surface area contributed by atoms with Crippen molar-refractivity contribution >= 4 is 17.5 Å². The van der Waals surface area contributed by atoms with E-state index in [0.717, 1.165) is 32.0 Å². The van der Waals surface area contributed by atoms with Crippen molar-refractivity contribution in [2.75, 3.05) is 44.7 Å². The Morgan fingerprint density at radius 1 is 1.24 bits per heavy atom. The highest BCUT2D eigenvalue weighted by Crippen LogP contribution is 2.26. The molecule has 17 heavy (non-hydrogen) atoms. The van der Waals surface area contributed by atoms with Crippen LogP contribution < -0.4 is 9.64 Å². The van der Waals surface area contributed by atoms with Gasteiger partial charge >= 0.3 is 0 Å². The zero-order chi connectivity index (χ0) is 12.3. The van der Waals surface area contributed by atoms with E-state index in [0.29, 0.717) is 18.4 Å². The quantitative estimate of drug-likeness (QED) is 0.813. The van der Waals surface area contributed by atoms with E-state index in [9.17, 15) is 0 Å². The van der Waals surface area contributed by atoms with Crippen molar-refractivity contribution in [3.63, 3.8) is 0 Å². The van der Waals surface area contributed by atoms with Crippen LogP contribution in [0.15, 0.2) is 0 Å². The second kappa shape index (κ2) is 5.64. The Bertz CT molecular complexity index is 347. The topological polar surface area (TPSA) is 41.5 Å². The maximum Gasteiger partial charge on any atom is 0.270 e. The van der Waals surface area contributed by atoms with E-state index in [1.54, 1.807) is 0 Å². The second-order valence-electron chi connectivity index (χ2n) is 4.89. The zero-order valence-corrected chi connectivity index (χ0v) is 11.5. The fraction of sp³-hybridized carbons (Fsp3) is 0.818. The van der Waals surface area contributed by atoms with Crippen LogP contribution in [0.2, 0.25) is 0 Å². The van der Waals surface area contributed by atoms with Crippen molar-refractivity contribution in [3.05, 3.63) is 0 Å². The van der Waals surface area contributed by atoms with Crippen molar-refractivity contribution < 1.29 is 4.74 Å². The van der Waals surface area contributed by atoms with Gasteiger partial charge in [0.15, 0.2) is 0 Å². The molecule has 0 unspecified atom stereocenters. The molecule has 0 bridgehead atoms. The lowest BCUT2D eigenvalue weighted by Gasteiger charge is -2.32. The van der Waals surface area contributed by atoms with Crippen LogP contribution in [0.4, 0.5) is 5.82 Å². The highest BCUT2D eigenvalue weighted by molar-refractivity contribution is 6.99. The van der Waals surface area contributed by atoms with Crippen LogP contribution in [0.3, 0.4) is 0 Å². The minimum Gasteiger partial charge on any atom is -0.474 e. The first-order chi connectivity index (χ1) is 8.16. The van der Waals surface area contributed by atoms with Gasteiger partial charge in [-0.1, -0.05) is 13.8 Å². The molecular formula is C11H20N4OS. The summed E-state index contributed by atoms with van der Waals surface area (Å²) in [4.78, 5) is 4.59. The number of rotatable bonds is 4. The Morgan fingerprint density at radius 2 is 1.94 bits per heavy atom. The average Bonchev–Trinajstić information content (AvgIpc) is 2.75. The van der Waals surface area contributed by atoms with Crippen LogP contribution in [0.25, 0.3) is 0 Å². The molecule has 0 amide bonds. The number of piperazine rings is 1. The van der Waals surface area contributed by atoms with Gasteiger partial charge in [-0.2, -0.15) is 4.37 Å². The minimum absolute atomic E-state index is 0.511. The molecule has 6 heteroatoms. The summed E-state index contributed by atoms with van der Waals surface area (Å²) in [6.07, 6.45) is 0. The lowest BCUT2D eigenvalue weighted by atomic mass is 10.2. The van der Waals surface area contributed by atoms with Crippen molar-refractivity contribution in [3.8, 4) is 5.88 Å². The first kappa shape index (κ1) is 12.6. The number of ether oxygens (including phenoxy) is 1. The number of anilines is 1. The van der Waals surface area contributed by atoms with Gasteiger partial charge in [0.1, 0.15) is 0 Å². The summed E-state index contributed by atoms with van der Waals surface area (Å²) in [5.74, 6) is 2.13. The Morgan fingerprint density at radius 3 is 2.59 bits per heavy atom. The molecule has 0 N–H and O–H groups in total. The molecule has 0 aromatic carbocycles. The summed E-state index contributed by atoms with van der Waals surface area (Å²) in [5.41, 5.74) is 0. The number of hydrogen-bond donors (Lipinski definition) is 0. The number of likely N-dealkylation sites (N-methyl/N-ethyl adjacent to an activating group) is 1. The molecule has 0 aliphatic carbocycles. The van der Waals surface area contributed by atoms with Gasteiger partial charge in [-0.3, -0.25) is 0 Å². The van der Waals surface area contributed by atoms with E-state index in [1.165, 1.54) is 11.7 Å². The monoisotopic (exact) mass is 256 g/mol. The SMILES string of the molecule is CC(C)COc1nsnc1N1CCN(C)CC1. The fourth-order valence-corrected chi connectivity index (χ4v) is 2.24. The zero-order valence-electron chi connectivity index (χ0n) is 10.7. The summed E-state index contributed by atoms with van der Waals surface area (Å²) in [5, 5.41) is 0. The second-order valence-corrected chi connectivity index (χ2v) is 5.42. The van der Waals surface area contributed by atoms with Gasteiger partial charge in [-0.15, -0.1) is 4.37 Å². The van der Waals surface area contributed by atoms with Gasteiger partial charge in [0, 0.05) is 26.2 Å². The fourth-order valence-electron chi connectivity index (χ4n) is 1.72. The predicted molar refractivity (Wildman–Crippen MR) is 70.0 cm³/mol. The molecule has 96 valence electrons. The van der Waals surface area contributed by atoms with E-state index in [4.69, 9.17) is 4.74 Å². The van der Waals surface area contributed by atoms with Gasteiger partial charge in [-0.05, 0) is 13.0 Å². The van der Waals surface area contributed by atoms with Gasteiger partial charge < -0.3 is 14.5 Å². The van der Waals surface area contributed by atoms with Crippen molar-refractivity contribution in [2.24, 2.45) is 5.92 Å². The smallest absolute Gasteiger partial charge is 0.270 e. The normalized spacial score (nSPS) is 17.8. The molecule has 1 saturated heterocycles. The van der Waals surface area contributed by atoms with E-state index in [2.05, 4.69) is 39.4 Å². The molecule has 1 aromatic heterocycles. The molecule has 1 fully saturated rings. The van der Waals surface area contributed by atoms with Gasteiger partial charge in [0.05, 0.1) is 18.3 Å². The average molecular weight is 256 g/mol. The van der Waals surface area contributed by atoms with Crippen LogP contribution in [-0.4, -0.2) is 53.5 Å². The summed E-state index contributed by atoms with van der Waals surface area (Å²) < 4.78 is 14.3. The van der Waals surface area contributed by atoms with Crippen LogP contribution >= 0.6 is 11.7 Å². The maximum atomic E-state index is 5.70. The summed E-state index contributed by atoms with van der Waals surface area (Å²) in [6, 6.07) is 0. The highest BCUT2D eigenvalue weighted by Gasteiger charge is 2.21. The van der Waals surface area contributed by atoms with E-state index in [-0.39, 0.29) is 0 Å². The third-order valence-corrected chi connectivity index (χ3v) is 3.30. The maximum absolute atomic E-state index is 5.70. The number of aromatic nitrogens is 2. The van der Waals surface area contributed by atoms with Crippen LogP contribution in [0, 0.1) is 5.92 Å². The Labute approximate surface area is 107 Å². The van der Waals surface area contributed by atoms with Gasteiger partial charge in [-0.25, -0.2) is 0 Å². The van der Waals surface area contributed by atoms with Crippen LogP contribution in [0.5, 0.6) is 5.88 Å². The first-order valence-corrected chi connectivity index (χ1v) is 6.78.